The summed E-state index contributed by atoms with van der Waals surface area (Å²) in [5.74, 6) is 1.40. The molecule has 0 saturated heterocycles. The molecule has 0 radical (unpaired) electrons. The molecule has 7 heteroatoms. The number of anilines is 1. The van der Waals surface area contributed by atoms with Crippen LogP contribution < -0.4 is 5.32 Å². The smallest absolute Gasteiger partial charge is 0.246 e. The Labute approximate surface area is 120 Å². The number of hydrogen-bond donors (Lipinski definition) is 1. The van der Waals surface area contributed by atoms with Gasteiger partial charge in [-0.15, -0.1) is 0 Å². The van der Waals surface area contributed by atoms with Gasteiger partial charge in [0.05, 0.1) is 12.1 Å². The van der Waals surface area contributed by atoms with Crippen LogP contribution in [0.4, 0.5) is 5.82 Å². The Morgan fingerprint density at radius 3 is 2.86 bits per heavy atom. The van der Waals surface area contributed by atoms with Gasteiger partial charge in [-0.3, -0.25) is 4.98 Å². The van der Waals surface area contributed by atoms with Crippen molar-refractivity contribution in [3.05, 3.63) is 54.3 Å². The van der Waals surface area contributed by atoms with E-state index in [1.807, 2.05) is 0 Å². The van der Waals surface area contributed by atoms with Gasteiger partial charge in [-0.2, -0.15) is 10.2 Å². The van der Waals surface area contributed by atoms with Gasteiger partial charge in [-0.1, -0.05) is 5.16 Å². The summed E-state index contributed by atoms with van der Waals surface area (Å²) in [5, 5.41) is 15.9. The van der Waals surface area contributed by atoms with Crippen LogP contribution in [-0.2, 0) is 6.54 Å². The number of pyridine rings is 2. The molecule has 0 atom stereocenters. The highest BCUT2D eigenvalue weighted by atomic mass is 16.5. The van der Waals surface area contributed by atoms with E-state index >= 15 is 0 Å². The molecule has 3 aromatic rings. The Hall–Kier alpha value is -3.27. The van der Waals surface area contributed by atoms with Crippen molar-refractivity contribution in [3.63, 3.8) is 0 Å². The molecule has 3 heterocycles. The van der Waals surface area contributed by atoms with E-state index in [1.54, 1.807) is 42.9 Å². The highest BCUT2D eigenvalue weighted by Crippen LogP contribution is 2.15. The molecule has 0 saturated carbocycles. The fourth-order valence-corrected chi connectivity index (χ4v) is 1.74. The Balaban J connectivity index is 1.72. The van der Waals surface area contributed by atoms with Crippen molar-refractivity contribution in [2.45, 2.75) is 6.54 Å². The topological polar surface area (TPSA) is 101 Å². The van der Waals surface area contributed by atoms with Crippen LogP contribution in [-0.4, -0.2) is 20.1 Å². The normalized spacial score (nSPS) is 10.0. The largest absolute Gasteiger partial charge is 0.360 e. The van der Waals surface area contributed by atoms with Crippen LogP contribution in [0.1, 0.15) is 11.5 Å². The van der Waals surface area contributed by atoms with Gasteiger partial charge in [-0.05, 0) is 24.3 Å². The van der Waals surface area contributed by atoms with E-state index in [9.17, 15) is 0 Å². The van der Waals surface area contributed by atoms with Crippen LogP contribution >= 0.6 is 0 Å². The summed E-state index contributed by atoms with van der Waals surface area (Å²) < 4.78 is 5.16. The zero-order valence-electron chi connectivity index (χ0n) is 10.9. The molecule has 0 unspecified atom stereocenters. The molecular weight excluding hydrogens is 268 g/mol. The van der Waals surface area contributed by atoms with E-state index < -0.39 is 0 Å². The molecule has 21 heavy (non-hydrogen) atoms. The van der Waals surface area contributed by atoms with Gasteiger partial charge in [0.25, 0.3) is 0 Å². The quantitative estimate of drug-likeness (QED) is 0.778. The summed E-state index contributed by atoms with van der Waals surface area (Å²) in [6.07, 6.45) is 4.94. The maximum Gasteiger partial charge on any atom is 0.246 e. The minimum absolute atomic E-state index is 0.295. The Morgan fingerprint density at radius 2 is 2.05 bits per heavy atom. The van der Waals surface area contributed by atoms with Gasteiger partial charge in [-0.25, -0.2) is 4.98 Å². The lowest BCUT2D eigenvalue weighted by Gasteiger charge is -2.02. The van der Waals surface area contributed by atoms with E-state index in [2.05, 4.69) is 31.5 Å². The van der Waals surface area contributed by atoms with E-state index in [-0.39, 0.29) is 0 Å². The predicted molar refractivity (Wildman–Crippen MR) is 73.8 cm³/mol. The third-order valence-electron chi connectivity index (χ3n) is 2.74. The van der Waals surface area contributed by atoms with Crippen LogP contribution in [0.3, 0.4) is 0 Å². The van der Waals surface area contributed by atoms with Crippen molar-refractivity contribution in [2.75, 3.05) is 5.32 Å². The molecule has 1 N–H and O–H groups in total. The summed E-state index contributed by atoms with van der Waals surface area (Å²) >= 11 is 0. The number of rotatable bonds is 4. The number of nitriles is 1. The maximum atomic E-state index is 8.98. The molecule has 0 aliphatic carbocycles. The molecule has 0 bridgehead atoms. The van der Waals surface area contributed by atoms with Gasteiger partial charge < -0.3 is 9.84 Å². The molecule has 0 amide bonds. The van der Waals surface area contributed by atoms with Gasteiger partial charge in [0.15, 0.2) is 0 Å². The van der Waals surface area contributed by atoms with Gasteiger partial charge >= 0.3 is 0 Å². The minimum Gasteiger partial charge on any atom is -0.360 e. The maximum absolute atomic E-state index is 8.98. The lowest BCUT2D eigenvalue weighted by Crippen LogP contribution is -2.03. The summed E-state index contributed by atoms with van der Waals surface area (Å²) in [6, 6.07) is 9.06. The van der Waals surface area contributed by atoms with Gasteiger partial charge in [0.1, 0.15) is 11.9 Å². The van der Waals surface area contributed by atoms with Crippen LogP contribution in [0.25, 0.3) is 11.4 Å². The molecule has 0 aliphatic heterocycles. The van der Waals surface area contributed by atoms with Gasteiger partial charge in [0, 0.05) is 24.2 Å². The van der Waals surface area contributed by atoms with Crippen molar-refractivity contribution in [2.24, 2.45) is 0 Å². The third-order valence-corrected chi connectivity index (χ3v) is 2.74. The minimum atomic E-state index is 0.295. The van der Waals surface area contributed by atoms with Crippen molar-refractivity contribution in [3.8, 4) is 17.5 Å². The number of nitrogens with one attached hydrogen (secondary N) is 1. The lowest BCUT2D eigenvalue weighted by molar-refractivity contribution is 0.384. The fraction of sp³-hybridized carbons (Fsp3) is 0.0714. The summed E-state index contributed by atoms with van der Waals surface area (Å²) in [4.78, 5) is 12.3. The zero-order chi connectivity index (χ0) is 14.5. The second-order valence-corrected chi connectivity index (χ2v) is 4.11. The Kier molecular flexibility index (Phi) is 3.52. The molecule has 0 aliphatic rings. The van der Waals surface area contributed by atoms with Crippen LogP contribution in [0.15, 0.2) is 47.4 Å². The predicted octanol–water partition coefficient (Wildman–Crippen LogP) is 2.01. The lowest BCUT2D eigenvalue weighted by atomic mass is 10.2. The monoisotopic (exact) mass is 278 g/mol. The van der Waals surface area contributed by atoms with E-state index in [4.69, 9.17) is 9.78 Å². The molecule has 3 rings (SSSR count). The number of hydrogen-bond acceptors (Lipinski definition) is 7. The fourth-order valence-electron chi connectivity index (χ4n) is 1.74. The highest BCUT2D eigenvalue weighted by molar-refractivity contribution is 5.53. The summed E-state index contributed by atoms with van der Waals surface area (Å²) in [7, 11) is 0. The van der Waals surface area contributed by atoms with E-state index in [0.29, 0.717) is 29.6 Å². The zero-order valence-corrected chi connectivity index (χ0v) is 10.9. The van der Waals surface area contributed by atoms with Gasteiger partial charge in [0.2, 0.25) is 11.7 Å². The van der Waals surface area contributed by atoms with Crippen LogP contribution in [0.5, 0.6) is 0 Å². The molecule has 102 valence electrons. The second-order valence-electron chi connectivity index (χ2n) is 4.11. The standard InChI is InChI=1S/C14H10N6O/c15-8-11-2-1-5-17-13(11)18-9-12-19-14(20-21-12)10-3-6-16-7-4-10/h1-7H,9H2,(H,17,18). The van der Waals surface area contributed by atoms with E-state index in [1.165, 1.54) is 0 Å². The second kappa shape index (κ2) is 5.79. The van der Waals surface area contributed by atoms with E-state index in [0.717, 1.165) is 5.56 Å². The average molecular weight is 278 g/mol. The SMILES string of the molecule is N#Cc1cccnc1NCc1nc(-c2ccncc2)no1. The Bertz CT molecular complexity index is 777. The molecule has 0 spiro atoms. The summed E-state index contributed by atoms with van der Waals surface area (Å²) in [6.45, 7) is 0.295. The van der Waals surface area contributed by atoms with Crippen molar-refractivity contribution < 1.29 is 4.52 Å². The van der Waals surface area contributed by atoms with Crippen LogP contribution in [0.2, 0.25) is 0 Å². The molecular formula is C14H10N6O. The first-order valence-electron chi connectivity index (χ1n) is 6.19. The molecule has 0 aromatic carbocycles. The van der Waals surface area contributed by atoms with Crippen molar-refractivity contribution in [1.82, 2.24) is 20.1 Å². The number of nitrogens with zero attached hydrogens (tertiary/aromatic N) is 5. The highest BCUT2D eigenvalue weighted by Gasteiger charge is 2.09. The first-order chi connectivity index (χ1) is 10.4. The molecule has 0 fully saturated rings. The number of aromatic nitrogens is 4. The first-order valence-corrected chi connectivity index (χ1v) is 6.19. The van der Waals surface area contributed by atoms with Crippen molar-refractivity contribution >= 4 is 5.82 Å². The molecule has 7 nitrogen and oxygen atoms in total. The average Bonchev–Trinajstić information content (AvgIpc) is 3.03. The Morgan fingerprint density at radius 1 is 1.19 bits per heavy atom. The molecule has 3 aromatic heterocycles. The van der Waals surface area contributed by atoms with Crippen molar-refractivity contribution in [1.29, 1.82) is 5.26 Å². The third kappa shape index (κ3) is 2.84. The first kappa shape index (κ1) is 12.7. The summed E-state index contributed by atoms with van der Waals surface area (Å²) in [5.41, 5.74) is 1.29. The van der Waals surface area contributed by atoms with Crippen LogP contribution in [0, 0.1) is 11.3 Å².